The Morgan fingerprint density at radius 1 is 1.10 bits per heavy atom. The lowest BCUT2D eigenvalue weighted by molar-refractivity contribution is -0.168. The van der Waals surface area contributed by atoms with Crippen LogP contribution in [-0.4, -0.2) is 82.1 Å². The molecule has 11 heteroatoms. The molecule has 2 aliphatic rings. The minimum atomic E-state index is -1.01. The molecule has 0 bridgehead atoms. The van der Waals surface area contributed by atoms with Gasteiger partial charge in [0.15, 0.2) is 0 Å². The number of nitrogens with one attached hydrogen (secondary N) is 2. The van der Waals surface area contributed by atoms with Crippen LogP contribution < -0.4 is 11.1 Å². The Labute approximate surface area is 237 Å². The number of rotatable bonds is 7. The summed E-state index contributed by atoms with van der Waals surface area (Å²) in [5, 5.41) is 3.84. The maximum absolute atomic E-state index is 13.7. The molecule has 3 atom stereocenters. The fourth-order valence-electron chi connectivity index (χ4n) is 5.37. The van der Waals surface area contributed by atoms with Crippen molar-refractivity contribution in [1.29, 1.82) is 0 Å². The van der Waals surface area contributed by atoms with E-state index in [9.17, 15) is 19.2 Å². The van der Waals surface area contributed by atoms with Crippen LogP contribution in [0.15, 0.2) is 54.7 Å². The van der Waals surface area contributed by atoms with Crippen LogP contribution in [0, 0.1) is 0 Å². The monoisotopic (exact) mass is 561 g/mol. The number of ether oxygens (including phenoxy) is 2. The third-order valence-electron chi connectivity index (χ3n) is 7.31. The fraction of sp³-hybridized carbons (Fsp3) is 0.400. The number of likely N-dealkylation sites (tertiary alicyclic amines) is 1. The van der Waals surface area contributed by atoms with Crippen LogP contribution >= 0.6 is 0 Å². The van der Waals surface area contributed by atoms with Gasteiger partial charge >= 0.3 is 6.09 Å². The van der Waals surface area contributed by atoms with Crippen LogP contribution in [0.2, 0.25) is 0 Å². The highest BCUT2D eigenvalue weighted by atomic mass is 16.6. The highest BCUT2D eigenvalue weighted by Gasteiger charge is 2.49. The van der Waals surface area contributed by atoms with Gasteiger partial charge in [0.2, 0.25) is 11.8 Å². The van der Waals surface area contributed by atoms with Gasteiger partial charge in [0.05, 0.1) is 25.1 Å². The molecule has 2 aliphatic heterocycles. The van der Waals surface area contributed by atoms with Crippen molar-refractivity contribution >= 4 is 40.4 Å². The van der Waals surface area contributed by atoms with E-state index in [1.54, 1.807) is 42.7 Å². The Balaban J connectivity index is 1.32. The Kier molecular flexibility index (Phi) is 7.72. The number of carbonyl (C=O) groups is 4. The van der Waals surface area contributed by atoms with Crippen LogP contribution in [0.4, 0.5) is 10.5 Å². The van der Waals surface area contributed by atoms with E-state index in [0.29, 0.717) is 24.2 Å². The average Bonchev–Trinajstić information content (AvgIpc) is 3.52. The van der Waals surface area contributed by atoms with E-state index in [-0.39, 0.29) is 31.5 Å². The van der Waals surface area contributed by atoms with Crippen molar-refractivity contribution in [2.24, 2.45) is 5.73 Å². The van der Waals surface area contributed by atoms with Crippen LogP contribution in [0.25, 0.3) is 10.9 Å². The first-order chi connectivity index (χ1) is 19.5. The number of aromatic nitrogens is 1. The van der Waals surface area contributed by atoms with Crippen molar-refractivity contribution in [3.05, 3.63) is 65.9 Å². The predicted molar refractivity (Wildman–Crippen MR) is 152 cm³/mol. The van der Waals surface area contributed by atoms with E-state index in [2.05, 4.69) is 10.3 Å². The summed E-state index contributed by atoms with van der Waals surface area (Å²) in [7, 11) is 0. The Morgan fingerprint density at radius 2 is 1.83 bits per heavy atom. The van der Waals surface area contributed by atoms with Gasteiger partial charge in [-0.2, -0.15) is 0 Å². The van der Waals surface area contributed by atoms with Gasteiger partial charge in [-0.25, -0.2) is 4.79 Å². The smallest absolute Gasteiger partial charge is 0.410 e. The zero-order valence-electron chi connectivity index (χ0n) is 23.4. The fourth-order valence-corrected chi connectivity index (χ4v) is 5.37. The molecule has 0 saturated carbocycles. The van der Waals surface area contributed by atoms with Gasteiger partial charge in [-0.15, -0.1) is 0 Å². The van der Waals surface area contributed by atoms with Crippen molar-refractivity contribution in [2.45, 2.75) is 57.5 Å². The topological polar surface area (TPSA) is 147 Å². The van der Waals surface area contributed by atoms with Crippen LogP contribution in [0.5, 0.6) is 0 Å². The average molecular weight is 562 g/mol. The van der Waals surface area contributed by atoms with Gasteiger partial charge in [-0.1, -0.05) is 18.2 Å². The van der Waals surface area contributed by atoms with Crippen LogP contribution in [0.3, 0.4) is 0 Å². The van der Waals surface area contributed by atoms with E-state index in [0.717, 1.165) is 16.5 Å². The molecule has 3 heterocycles. The number of amides is 4. The first kappa shape index (κ1) is 28.2. The molecular formula is C30H35N5O6. The largest absolute Gasteiger partial charge is 0.444 e. The molecule has 3 unspecified atom stereocenters. The first-order valence-electron chi connectivity index (χ1n) is 13.7. The number of aromatic amines is 1. The molecule has 2 saturated heterocycles. The van der Waals surface area contributed by atoms with Crippen molar-refractivity contribution < 1.29 is 28.7 Å². The van der Waals surface area contributed by atoms with Gasteiger partial charge in [0.25, 0.3) is 5.91 Å². The Hall–Kier alpha value is -4.38. The van der Waals surface area contributed by atoms with Gasteiger partial charge in [0.1, 0.15) is 11.7 Å². The Bertz CT molecular complexity index is 1460. The minimum Gasteiger partial charge on any atom is -0.444 e. The molecule has 2 fully saturated rings. The predicted octanol–water partition coefficient (Wildman–Crippen LogP) is 3.05. The second kappa shape index (κ2) is 11.2. The molecule has 216 valence electrons. The third kappa shape index (κ3) is 6.35. The number of hydrogen-bond donors (Lipinski definition) is 3. The van der Waals surface area contributed by atoms with Gasteiger partial charge < -0.3 is 35.3 Å². The Morgan fingerprint density at radius 3 is 2.54 bits per heavy atom. The van der Waals surface area contributed by atoms with Crippen molar-refractivity contribution in [1.82, 2.24) is 14.8 Å². The molecule has 5 rings (SSSR count). The number of benzene rings is 2. The number of anilines is 1. The van der Waals surface area contributed by atoms with E-state index < -0.39 is 35.7 Å². The lowest BCUT2D eigenvalue weighted by atomic mass is 10.0. The zero-order valence-corrected chi connectivity index (χ0v) is 23.4. The number of primary amides is 1. The van der Waals surface area contributed by atoms with Crippen LogP contribution in [-0.2, 0) is 25.5 Å². The van der Waals surface area contributed by atoms with Crippen LogP contribution in [0.1, 0.15) is 43.1 Å². The summed E-state index contributed by atoms with van der Waals surface area (Å²) in [6.07, 6.45) is 0.404. The lowest BCUT2D eigenvalue weighted by Crippen LogP contribution is -2.59. The van der Waals surface area contributed by atoms with E-state index >= 15 is 0 Å². The summed E-state index contributed by atoms with van der Waals surface area (Å²) >= 11 is 0. The highest BCUT2D eigenvalue weighted by molar-refractivity contribution is 5.97. The zero-order chi connectivity index (χ0) is 29.3. The quantitative estimate of drug-likeness (QED) is 0.404. The number of hydrogen-bond acceptors (Lipinski definition) is 6. The number of carbonyl (C=O) groups excluding carboxylic acids is 4. The number of nitrogens with two attached hydrogens (primary N) is 1. The summed E-state index contributed by atoms with van der Waals surface area (Å²) in [5.74, 6) is -1.27. The molecule has 41 heavy (non-hydrogen) atoms. The minimum absolute atomic E-state index is 0.199. The molecule has 4 N–H and O–H groups in total. The number of nitrogens with zero attached hydrogens (tertiary/aromatic N) is 2. The summed E-state index contributed by atoms with van der Waals surface area (Å²) in [4.78, 5) is 57.4. The normalized spacial score (nSPS) is 20.7. The molecule has 11 nitrogen and oxygen atoms in total. The molecule has 3 aromatic rings. The molecule has 1 aromatic heterocycles. The molecule has 0 radical (unpaired) electrons. The maximum Gasteiger partial charge on any atom is 0.410 e. The molecule has 4 amide bonds. The third-order valence-corrected chi connectivity index (χ3v) is 7.31. The second-order valence-corrected chi connectivity index (χ2v) is 11.5. The second-order valence-electron chi connectivity index (χ2n) is 11.5. The van der Waals surface area contributed by atoms with Gasteiger partial charge in [-0.05, 0) is 63.1 Å². The van der Waals surface area contributed by atoms with E-state index in [4.69, 9.17) is 15.2 Å². The number of H-pyrrole nitrogens is 1. The number of fused-ring (bicyclic) bond motifs is 2. The summed E-state index contributed by atoms with van der Waals surface area (Å²) in [6, 6.07) is 13.8. The molecular weight excluding hydrogens is 526 g/mol. The van der Waals surface area contributed by atoms with E-state index in [1.807, 2.05) is 30.5 Å². The van der Waals surface area contributed by atoms with Gasteiger partial charge in [-0.3, -0.25) is 14.4 Å². The maximum atomic E-state index is 13.7. The van der Waals surface area contributed by atoms with Crippen molar-refractivity contribution in [3.63, 3.8) is 0 Å². The van der Waals surface area contributed by atoms with Gasteiger partial charge in [0, 0.05) is 41.4 Å². The highest BCUT2D eigenvalue weighted by Crippen LogP contribution is 2.30. The van der Waals surface area contributed by atoms with E-state index in [1.165, 1.54) is 12.1 Å². The summed E-state index contributed by atoms with van der Waals surface area (Å²) < 4.78 is 11.7. The summed E-state index contributed by atoms with van der Waals surface area (Å²) in [6.45, 7) is 6.35. The SMILES string of the molecule is CC(C)(C)OC(=O)N1CC2OC(CC(=O)Nc3ccc(C(N)=O)cc3)C(=O)N(CCc3c[nH]c4ccccc34)C2C1. The first-order valence-corrected chi connectivity index (χ1v) is 13.7. The molecule has 0 aliphatic carbocycles. The standard InChI is InChI=1S/C30H35N5O6/c1-30(2,3)41-29(39)34-16-23-25(17-34)40-24(14-26(36)33-20-10-8-18(9-11-20)27(31)37)28(38)35(23)13-12-19-15-32-22-7-5-4-6-21(19)22/h4-11,15,23-25,32H,12-14,16-17H2,1-3H3,(H2,31,37)(H,33,36). The number of para-hydroxylation sites is 1. The molecule has 0 spiro atoms. The number of morpholine rings is 1. The summed E-state index contributed by atoms with van der Waals surface area (Å²) in [5.41, 5.74) is 7.50. The van der Waals surface area contributed by atoms with Crippen molar-refractivity contribution in [2.75, 3.05) is 25.0 Å². The molecule has 2 aromatic carbocycles. The van der Waals surface area contributed by atoms with Crippen molar-refractivity contribution in [3.8, 4) is 0 Å². The lowest BCUT2D eigenvalue weighted by Gasteiger charge is -2.40.